The molecule has 124 valence electrons. The molecular formula is C20H22N2O2. The van der Waals surface area contributed by atoms with E-state index in [4.69, 9.17) is 0 Å². The summed E-state index contributed by atoms with van der Waals surface area (Å²) < 4.78 is 0. The van der Waals surface area contributed by atoms with Crippen molar-refractivity contribution in [3.8, 4) is 0 Å². The van der Waals surface area contributed by atoms with E-state index < -0.39 is 6.04 Å². The number of nitrogens with zero attached hydrogens (tertiary/aromatic N) is 1. The zero-order valence-electron chi connectivity index (χ0n) is 14.1. The number of benzene rings is 2. The number of amides is 2. The number of carbonyl (C=O) groups excluding carboxylic acids is 2. The van der Waals surface area contributed by atoms with Crippen LogP contribution in [0.25, 0.3) is 0 Å². The summed E-state index contributed by atoms with van der Waals surface area (Å²) in [6.07, 6.45) is 1.57. The van der Waals surface area contributed by atoms with Crippen LogP contribution in [0, 0.1) is 6.92 Å². The molecule has 24 heavy (non-hydrogen) atoms. The zero-order valence-corrected chi connectivity index (χ0v) is 14.1. The highest BCUT2D eigenvalue weighted by molar-refractivity contribution is 6.03. The third-order valence-electron chi connectivity index (χ3n) is 4.48. The Morgan fingerprint density at radius 1 is 1.12 bits per heavy atom. The molecule has 4 heteroatoms. The van der Waals surface area contributed by atoms with Crippen LogP contribution in [0.4, 0.5) is 5.69 Å². The standard InChI is InChI=1S/C20H22N2O2/c1-3-15-6-8-16(9-7-15)19(23)21-18-12-13-22(20(18)24)17-10-4-14(2)5-11-17/h4-11,18H,3,12-13H2,1-2H3,(H,21,23)/t18-/m1/s1. The molecule has 3 rings (SSSR count). The second-order valence-electron chi connectivity index (χ2n) is 6.19. The Balaban J connectivity index is 1.66. The summed E-state index contributed by atoms with van der Waals surface area (Å²) >= 11 is 0. The lowest BCUT2D eigenvalue weighted by Gasteiger charge is -2.17. The molecule has 2 aromatic rings. The monoisotopic (exact) mass is 322 g/mol. The summed E-state index contributed by atoms with van der Waals surface area (Å²) in [7, 11) is 0. The van der Waals surface area contributed by atoms with Crippen molar-refractivity contribution in [2.75, 3.05) is 11.4 Å². The first-order valence-corrected chi connectivity index (χ1v) is 8.36. The van der Waals surface area contributed by atoms with Gasteiger partial charge in [-0.05, 0) is 49.6 Å². The van der Waals surface area contributed by atoms with Crippen molar-refractivity contribution in [2.24, 2.45) is 0 Å². The van der Waals surface area contributed by atoms with Crippen LogP contribution < -0.4 is 10.2 Å². The molecule has 0 aliphatic carbocycles. The quantitative estimate of drug-likeness (QED) is 0.940. The van der Waals surface area contributed by atoms with E-state index in [2.05, 4.69) is 12.2 Å². The summed E-state index contributed by atoms with van der Waals surface area (Å²) in [4.78, 5) is 26.7. The lowest BCUT2D eigenvalue weighted by Crippen LogP contribution is -2.41. The van der Waals surface area contributed by atoms with Gasteiger partial charge in [-0.15, -0.1) is 0 Å². The van der Waals surface area contributed by atoms with E-state index in [-0.39, 0.29) is 11.8 Å². The molecule has 1 atom stereocenters. The fraction of sp³-hybridized carbons (Fsp3) is 0.300. The van der Waals surface area contributed by atoms with Crippen molar-refractivity contribution in [1.82, 2.24) is 5.32 Å². The van der Waals surface area contributed by atoms with Crippen LogP contribution in [-0.4, -0.2) is 24.4 Å². The minimum absolute atomic E-state index is 0.0441. The Morgan fingerprint density at radius 2 is 1.79 bits per heavy atom. The van der Waals surface area contributed by atoms with Crippen LogP contribution in [0.15, 0.2) is 48.5 Å². The SMILES string of the molecule is CCc1ccc(C(=O)N[C@@H]2CCN(c3ccc(C)cc3)C2=O)cc1. The highest BCUT2D eigenvalue weighted by Crippen LogP contribution is 2.22. The van der Waals surface area contributed by atoms with E-state index in [9.17, 15) is 9.59 Å². The van der Waals surface area contributed by atoms with Gasteiger partial charge in [-0.1, -0.05) is 36.8 Å². The molecular weight excluding hydrogens is 300 g/mol. The molecule has 1 fully saturated rings. The largest absolute Gasteiger partial charge is 0.340 e. The molecule has 0 aromatic heterocycles. The van der Waals surface area contributed by atoms with Crippen molar-refractivity contribution in [1.29, 1.82) is 0 Å². The fourth-order valence-corrected chi connectivity index (χ4v) is 2.93. The molecule has 1 aliphatic rings. The van der Waals surface area contributed by atoms with Crippen LogP contribution in [0.1, 0.15) is 34.8 Å². The molecule has 1 heterocycles. The Bertz CT molecular complexity index is 735. The van der Waals surface area contributed by atoms with Gasteiger partial charge in [0.15, 0.2) is 0 Å². The van der Waals surface area contributed by atoms with Crippen molar-refractivity contribution < 1.29 is 9.59 Å². The molecule has 1 N–H and O–H groups in total. The molecule has 2 aromatic carbocycles. The Labute approximate surface area is 142 Å². The molecule has 4 nitrogen and oxygen atoms in total. The lowest BCUT2D eigenvalue weighted by molar-refractivity contribution is -0.118. The number of aryl methyl sites for hydroxylation is 2. The van der Waals surface area contributed by atoms with Gasteiger partial charge in [0.2, 0.25) is 5.91 Å². The normalized spacial score (nSPS) is 17.2. The third-order valence-corrected chi connectivity index (χ3v) is 4.48. The second kappa shape index (κ2) is 6.87. The predicted molar refractivity (Wildman–Crippen MR) is 95.2 cm³/mol. The lowest BCUT2D eigenvalue weighted by atomic mass is 10.1. The first kappa shape index (κ1) is 16.2. The van der Waals surface area contributed by atoms with Crippen molar-refractivity contribution in [3.63, 3.8) is 0 Å². The van der Waals surface area contributed by atoms with Crippen LogP contribution in [0.2, 0.25) is 0 Å². The van der Waals surface area contributed by atoms with Crippen molar-refractivity contribution >= 4 is 17.5 Å². The van der Waals surface area contributed by atoms with E-state index in [1.54, 1.807) is 4.90 Å². The number of hydrogen-bond donors (Lipinski definition) is 1. The van der Waals surface area contributed by atoms with Crippen LogP contribution in [-0.2, 0) is 11.2 Å². The highest BCUT2D eigenvalue weighted by Gasteiger charge is 2.33. The van der Waals surface area contributed by atoms with Gasteiger partial charge in [-0.25, -0.2) is 0 Å². The van der Waals surface area contributed by atoms with E-state index in [1.165, 1.54) is 5.56 Å². The molecule has 1 aliphatic heterocycles. The minimum atomic E-state index is -0.454. The average molecular weight is 322 g/mol. The predicted octanol–water partition coefficient (Wildman–Crippen LogP) is 3.09. The van der Waals surface area contributed by atoms with Crippen molar-refractivity contribution in [2.45, 2.75) is 32.7 Å². The first-order chi connectivity index (χ1) is 11.6. The topological polar surface area (TPSA) is 49.4 Å². The zero-order chi connectivity index (χ0) is 17.1. The number of anilines is 1. The number of carbonyl (C=O) groups is 2. The Hall–Kier alpha value is -2.62. The maximum absolute atomic E-state index is 12.6. The smallest absolute Gasteiger partial charge is 0.251 e. The average Bonchev–Trinajstić information content (AvgIpc) is 2.96. The van der Waals surface area contributed by atoms with Gasteiger partial charge in [0.05, 0.1) is 0 Å². The van der Waals surface area contributed by atoms with Crippen molar-refractivity contribution in [3.05, 3.63) is 65.2 Å². The molecule has 0 unspecified atom stereocenters. The van der Waals surface area contributed by atoms with Gasteiger partial charge in [0.1, 0.15) is 6.04 Å². The van der Waals surface area contributed by atoms with E-state index in [0.717, 1.165) is 17.7 Å². The Kier molecular flexibility index (Phi) is 4.65. The summed E-state index contributed by atoms with van der Waals surface area (Å²) in [6, 6.07) is 14.9. The molecule has 2 amide bonds. The van der Waals surface area contributed by atoms with Gasteiger partial charge >= 0.3 is 0 Å². The van der Waals surface area contributed by atoms with Crippen LogP contribution >= 0.6 is 0 Å². The first-order valence-electron chi connectivity index (χ1n) is 8.36. The third kappa shape index (κ3) is 3.32. The van der Waals surface area contributed by atoms with E-state index >= 15 is 0 Å². The maximum atomic E-state index is 12.6. The van der Waals surface area contributed by atoms with Gasteiger partial charge in [-0.3, -0.25) is 9.59 Å². The van der Waals surface area contributed by atoms with E-state index in [1.807, 2.05) is 55.5 Å². The summed E-state index contributed by atoms with van der Waals surface area (Å²) in [5.41, 5.74) is 3.82. The summed E-state index contributed by atoms with van der Waals surface area (Å²) in [6.45, 7) is 4.72. The number of hydrogen-bond acceptors (Lipinski definition) is 2. The fourth-order valence-electron chi connectivity index (χ4n) is 2.93. The molecule has 0 saturated carbocycles. The molecule has 0 bridgehead atoms. The van der Waals surface area contributed by atoms with Gasteiger partial charge < -0.3 is 10.2 Å². The van der Waals surface area contributed by atoms with Gasteiger partial charge in [0.25, 0.3) is 5.91 Å². The molecule has 0 radical (unpaired) electrons. The number of nitrogens with one attached hydrogen (secondary N) is 1. The van der Waals surface area contributed by atoms with Crippen LogP contribution in [0.5, 0.6) is 0 Å². The maximum Gasteiger partial charge on any atom is 0.251 e. The highest BCUT2D eigenvalue weighted by atomic mass is 16.2. The molecule has 1 saturated heterocycles. The van der Waals surface area contributed by atoms with E-state index in [0.29, 0.717) is 18.5 Å². The summed E-state index contributed by atoms with van der Waals surface area (Å²) in [5, 5.41) is 2.86. The Morgan fingerprint density at radius 3 is 2.42 bits per heavy atom. The van der Waals surface area contributed by atoms with Crippen LogP contribution in [0.3, 0.4) is 0 Å². The molecule has 0 spiro atoms. The van der Waals surface area contributed by atoms with Gasteiger partial charge in [0, 0.05) is 17.8 Å². The summed E-state index contributed by atoms with van der Waals surface area (Å²) in [5.74, 6) is -0.237. The second-order valence-corrected chi connectivity index (χ2v) is 6.19. The van der Waals surface area contributed by atoms with Gasteiger partial charge in [-0.2, -0.15) is 0 Å². The number of rotatable bonds is 4. The minimum Gasteiger partial charge on any atom is -0.340 e.